The molecule has 2 unspecified atom stereocenters. The Labute approximate surface area is 133 Å². The van der Waals surface area contributed by atoms with Gasteiger partial charge in [0.15, 0.2) is 0 Å². The van der Waals surface area contributed by atoms with Crippen molar-refractivity contribution in [1.82, 2.24) is 0 Å². The van der Waals surface area contributed by atoms with E-state index in [9.17, 15) is 5.11 Å². The Bertz CT molecular complexity index is 704. The highest BCUT2D eigenvalue weighted by molar-refractivity contribution is 5.85. The zero-order valence-corrected chi connectivity index (χ0v) is 13.8. The quantitative estimate of drug-likeness (QED) is 0.848. The van der Waals surface area contributed by atoms with Gasteiger partial charge < -0.3 is 9.84 Å². The van der Waals surface area contributed by atoms with Crippen LogP contribution < -0.4 is 4.74 Å². The van der Waals surface area contributed by atoms with Gasteiger partial charge in [-0.1, -0.05) is 44.2 Å². The lowest BCUT2D eigenvalue weighted by Crippen LogP contribution is -2.24. The average molecular weight is 296 g/mol. The molecule has 22 heavy (non-hydrogen) atoms. The van der Waals surface area contributed by atoms with Crippen LogP contribution in [0, 0.1) is 17.8 Å². The van der Waals surface area contributed by atoms with Gasteiger partial charge in [0.2, 0.25) is 0 Å². The molecule has 116 valence electrons. The third kappa shape index (κ3) is 4.26. The standard InChI is InChI=1S/C20H24O2/c1-5-15(2)14-20(3,21)11-10-16-6-7-18-13-19(22-4)9-8-17(18)12-16/h6-9,12-13,15,21H,5,14H2,1-4H3. The van der Waals surface area contributed by atoms with Crippen molar-refractivity contribution in [3.8, 4) is 17.6 Å². The smallest absolute Gasteiger partial charge is 0.123 e. The normalized spacial score (nSPS) is 14.8. The summed E-state index contributed by atoms with van der Waals surface area (Å²) in [5, 5.41) is 12.6. The first-order valence-electron chi connectivity index (χ1n) is 7.77. The minimum atomic E-state index is -0.940. The number of fused-ring (bicyclic) bond motifs is 1. The van der Waals surface area contributed by atoms with Crippen molar-refractivity contribution in [2.45, 2.75) is 39.2 Å². The molecule has 2 rings (SSSR count). The molecule has 0 spiro atoms. The molecule has 0 heterocycles. The second-order valence-electron chi connectivity index (χ2n) is 6.17. The predicted octanol–water partition coefficient (Wildman–Crippen LogP) is 4.39. The number of methoxy groups -OCH3 is 1. The molecule has 0 aliphatic heterocycles. The Morgan fingerprint density at radius 3 is 2.55 bits per heavy atom. The first-order valence-corrected chi connectivity index (χ1v) is 7.77. The number of aliphatic hydroxyl groups is 1. The molecule has 0 saturated carbocycles. The SMILES string of the molecule is CCC(C)CC(C)(O)C#Cc1ccc2cc(OC)ccc2c1. The van der Waals surface area contributed by atoms with Gasteiger partial charge in [0.05, 0.1) is 7.11 Å². The number of benzene rings is 2. The third-order valence-corrected chi connectivity index (χ3v) is 3.97. The number of hydrogen-bond acceptors (Lipinski definition) is 2. The van der Waals surface area contributed by atoms with Crippen molar-refractivity contribution in [2.75, 3.05) is 7.11 Å². The Morgan fingerprint density at radius 1 is 1.18 bits per heavy atom. The number of rotatable bonds is 4. The largest absolute Gasteiger partial charge is 0.497 e. The van der Waals surface area contributed by atoms with E-state index in [-0.39, 0.29) is 0 Å². The molecular formula is C20H24O2. The molecule has 0 aliphatic carbocycles. The topological polar surface area (TPSA) is 29.5 Å². The summed E-state index contributed by atoms with van der Waals surface area (Å²) in [6, 6.07) is 12.0. The molecule has 2 aromatic rings. The van der Waals surface area contributed by atoms with Gasteiger partial charge in [0, 0.05) is 5.56 Å². The highest BCUT2D eigenvalue weighted by Gasteiger charge is 2.19. The maximum Gasteiger partial charge on any atom is 0.123 e. The molecule has 2 nitrogen and oxygen atoms in total. The second kappa shape index (κ2) is 6.85. The van der Waals surface area contributed by atoms with Crippen LogP contribution in [-0.2, 0) is 0 Å². The fourth-order valence-corrected chi connectivity index (χ4v) is 2.51. The third-order valence-electron chi connectivity index (χ3n) is 3.97. The molecule has 0 radical (unpaired) electrons. The maximum absolute atomic E-state index is 10.4. The van der Waals surface area contributed by atoms with E-state index >= 15 is 0 Å². The lowest BCUT2D eigenvalue weighted by atomic mass is 9.92. The summed E-state index contributed by atoms with van der Waals surface area (Å²) < 4.78 is 5.23. The van der Waals surface area contributed by atoms with E-state index in [1.165, 1.54) is 0 Å². The van der Waals surface area contributed by atoms with Crippen LogP contribution in [-0.4, -0.2) is 17.8 Å². The van der Waals surface area contributed by atoms with Crippen molar-refractivity contribution in [3.05, 3.63) is 42.0 Å². The fourth-order valence-electron chi connectivity index (χ4n) is 2.51. The Balaban J connectivity index is 2.24. The molecule has 0 bridgehead atoms. The van der Waals surface area contributed by atoms with E-state index in [1.807, 2.05) is 36.4 Å². The van der Waals surface area contributed by atoms with Crippen LogP contribution >= 0.6 is 0 Å². The summed E-state index contributed by atoms with van der Waals surface area (Å²) in [5.41, 5.74) is -0.0216. The second-order valence-corrected chi connectivity index (χ2v) is 6.17. The lowest BCUT2D eigenvalue weighted by molar-refractivity contribution is 0.0939. The maximum atomic E-state index is 10.4. The van der Waals surface area contributed by atoms with Crippen LogP contribution in [0.2, 0.25) is 0 Å². The lowest BCUT2D eigenvalue weighted by Gasteiger charge is -2.20. The van der Waals surface area contributed by atoms with Gasteiger partial charge in [-0.3, -0.25) is 0 Å². The van der Waals surface area contributed by atoms with Crippen LogP contribution in [0.3, 0.4) is 0 Å². The number of hydrogen-bond donors (Lipinski definition) is 1. The molecule has 2 heteroatoms. The van der Waals surface area contributed by atoms with Gasteiger partial charge >= 0.3 is 0 Å². The summed E-state index contributed by atoms with van der Waals surface area (Å²) in [6.07, 6.45) is 1.75. The average Bonchev–Trinajstić information content (AvgIpc) is 2.51. The highest BCUT2D eigenvalue weighted by Crippen LogP contribution is 2.22. The molecule has 2 aromatic carbocycles. The van der Waals surface area contributed by atoms with Crippen molar-refractivity contribution in [1.29, 1.82) is 0 Å². The summed E-state index contributed by atoms with van der Waals surface area (Å²) in [4.78, 5) is 0. The van der Waals surface area contributed by atoms with Crippen LogP contribution in [0.4, 0.5) is 0 Å². The highest BCUT2D eigenvalue weighted by atomic mass is 16.5. The Kier molecular flexibility index (Phi) is 5.11. The van der Waals surface area contributed by atoms with Crippen molar-refractivity contribution in [3.63, 3.8) is 0 Å². The molecule has 0 amide bonds. The van der Waals surface area contributed by atoms with Gasteiger partial charge in [-0.2, -0.15) is 0 Å². The van der Waals surface area contributed by atoms with Crippen LogP contribution in [0.1, 0.15) is 39.2 Å². The number of ether oxygens (including phenoxy) is 1. The summed E-state index contributed by atoms with van der Waals surface area (Å²) in [5.74, 6) is 7.43. The van der Waals surface area contributed by atoms with E-state index in [0.717, 1.165) is 28.5 Å². The first kappa shape index (κ1) is 16.4. The Morgan fingerprint density at radius 2 is 1.86 bits per heavy atom. The molecular weight excluding hydrogens is 272 g/mol. The van der Waals surface area contributed by atoms with Crippen molar-refractivity contribution < 1.29 is 9.84 Å². The molecule has 0 aromatic heterocycles. The van der Waals surface area contributed by atoms with Gasteiger partial charge in [-0.25, -0.2) is 0 Å². The van der Waals surface area contributed by atoms with Gasteiger partial charge in [0.1, 0.15) is 11.4 Å². The van der Waals surface area contributed by atoms with E-state index in [1.54, 1.807) is 14.0 Å². The summed E-state index contributed by atoms with van der Waals surface area (Å²) in [6.45, 7) is 6.06. The van der Waals surface area contributed by atoms with Crippen LogP contribution in [0.25, 0.3) is 10.8 Å². The van der Waals surface area contributed by atoms with Crippen molar-refractivity contribution >= 4 is 10.8 Å². The van der Waals surface area contributed by atoms with Crippen LogP contribution in [0.5, 0.6) is 5.75 Å². The molecule has 0 saturated heterocycles. The predicted molar refractivity (Wildman–Crippen MR) is 92.1 cm³/mol. The molecule has 2 atom stereocenters. The minimum Gasteiger partial charge on any atom is -0.497 e. The van der Waals surface area contributed by atoms with E-state index in [0.29, 0.717) is 12.3 Å². The Hall–Kier alpha value is -1.98. The van der Waals surface area contributed by atoms with Crippen molar-refractivity contribution in [2.24, 2.45) is 5.92 Å². The zero-order chi connectivity index (χ0) is 16.2. The first-order chi connectivity index (χ1) is 10.4. The van der Waals surface area contributed by atoms with E-state index in [2.05, 4.69) is 25.7 Å². The monoisotopic (exact) mass is 296 g/mol. The van der Waals surface area contributed by atoms with E-state index < -0.39 is 5.60 Å². The van der Waals surface area contributed by atoms with Gasteiger partial charge in [-0.15, -0.1) is 0 Å². The minimum absolute atomic E-state index is 0.466. The van der Waals surface area contributed by atoms with Gasteiger partial charge in [-0.05, 0) is 54.3 Å². The molecule has 1 N–H and O–H groups in total. The fraction of sp³-hybridized carbons (Fsp3) is 0.400. The van der Waals surface area contributed by atoms with E-state index in [4.69, 9.17) is 4.74 Å². The van der Waals surface area contributed by atoms with Crippen LogP contribution in [0.15, 0.2) is 36.4 Å². The zero-order valence-electron chi connectivity index (χ0n) is 13.8. The van der Waals surface area contributed by atoms with Gasteiger partial charge in [0.25, 0.3) is 0 Å². The molecule has 0 fully saturated rings. The molecule has 0 aliphatic rings. The summed E-state index contributed by atoms with van der Waals surface area (Å²) in [7, 11) is 1.67. The summed E-state index contributed by atoms with van der Waals surface area (Å²) >= 11 is 0.